The molecule has 7 nitrogen and oxygen atoms in total. The number of benzene rings is 1. The van der Waals surface area contributed by atoms with Crippen molar-refractivity contribution in [3.05, 3.63) is 32.8 Å². The van der Waals surface area contributed by atoms with Crippen LogP contribution in [-0.4, -0.2) is 33.0 Å². The number of nitro groups is 1. The number of nitrogens with zero attached hydrogens (tertiary/aromatic N) is 1. The number of sulfonamides is 1. The lowest BCUT2D eigenvalue weighted by atomic mass is 9.96. The molecule has 1 aliphatic heterocycles. The van der Waals surface area contributed by atoms with Crippen molar-refractivity contribution in [2.24, 2.45) is 5.92 Å². The first kappa shape index (κ1) is 21.1. The van der Waals surface area contributed by atoms with Gasteiger partial charge in [0.25, 0.3) is 5.69 Å². The molecule has 0 amide bonds. The second-order valence-electron chi connectivity index (χ2n) is 5.71. The summed E-state index contributed by atoms with van der Waals surface area (Å²) in [5.74, 6) is 0.447. The van der Waals surface area contributed by atoms with Crippen LogP contribution in [0.4, 0.5) is 5.69 Å². The zero-order valence-corrected chi connectivity index (χ0v) is 15.6. The Bertz CT molecular complexity index is 692. The standard InChI is InChI=1S/C14H20ClN3O4S.ClH/c1-10-13(15)7-12(8-14(10)18(19)20)23(21,22)17-6-4-11-3-2-5-16-9-11;/h7-8,11,16-17H,2-6,9H2,1H3;1H. The van der Waals surface area contributed by atoms with Gasteiger partial charge in [-0.3, -0.25) is 10.1 Å². The molecule has 24 heavy (non-hydrogen) atoms. The summed E-state index contributed by atoms with van der Waals surface area (Å²) < 4.78 is 27.1. The number of piperidine rings is 1. The molecule has 1 aliphatic rings. The molecule has 1 aromatic carbocycles. The minimum atomic E-state index is -3.82. The van der Waals surface area contributed by atoms with E-state index in [-0.39, 0.29) is 33.6 Å². The van der Waals surface area contributed by atoms with Crippen LogP contribution >= 0.6 is 24.0 Å². The predicted octanol–water partition coefficient (Wildman–Crippen LogP) is 2.65. The van der Waals surface area contributed by atoms with Crippen molar-refractivity contribution in [3.8, 4) is 0 Å². The van der Waals surface area contributed by atoms with Crippen molar-refractivity contribution in [2.75, 3.05) is 19.6 Å². The molecule has 1 unspecified atom stereocenters. The number of rotatable bonds is 6. The fourth-order valence-corrected chi connectivity index (χ4v) is 4.01. The molecule has 0 radical (unpaired) electrons. The lowest BCUT2D eigenvalue weighted by molar-refractivity contribution is -0.385. The van der Waals surface area contributed by atoms with Gasteiger partial charge in [0.2, 0.25) is 10.0 Å². The van der Waals surface area contributed by atoms with E-state index in [0.29, 0.717) is 12.5 Å². The van der Waals surface area contributed by atoms with Crippen molar-refractivity contribution in [1.29, 1.82) is 0 Å². The highest BCUT2D eigenvalue weighted by Gasteiger charge is 2.22. The summed E-state index contributed by atoms with van der Waals surface area (Å²) >= 11 is 5.92. The average Bonchev–Trinajstić information content (AvgIpc) is 2.50. The SMILES string of the molecule is Cc1c(Cl)cc(S(=O)(=O)NCCC2CCCNC2)cc1[N+](=O)[O-].Cl. The third-order valence-electron chi connectivity index (χ3n) is 4.04. The molecular weight excluding hydrogens is 377 g/mol. The van der Waals surface area contributed by atoms with Crippen LogP contribution < -0.4 is 10.0 Å². The van der Waals surface area contributed by atoms with Crippen LogP contribution in [0.2, 0.25) is 5.02 Å². The van der Waals surface area contributed by atoms with Gasteiger partial charge >= 0.3 is 0 Å². The molecule has 1 heterocycles. The highest BCUT2D eigenvalue weighted by Crippen LogP contribution is 2.29. The van der Waals surface area contributed by atoms with Crippen LogP contribution in [0.1, 0.15) is 24.8 Å². The third-order valence-corrected chi connectivity index (χ3v) is 5.87. The predicted molar refractivity (Wildman–Crippen MR) is 95.5 cm³/mol. The molecule has 1 aromatic rings. The number of hydrogen-bond donors (Lipinski definition) is 2. The average molecular weight is 398 g/mol. The summed E-state index contributed by atoms with van der Waals surface area (Å²) in [5.41, 5.74) is -0.0433. The molecule has 10 heteroatoms. The first-order valence-electron chi connectivity index (χ1n) is 7.46. The van der Waals surface area contributed by atoms with Crippen LogP contribution in [-0.2, 0) is 10.0 Å². The normalized spacial score (nSPS) is 18.0. The highest BCUT2D eigenvalue weighted by atomic mass is 35.5. The van der Waals surface area contributed by atoms with Gasteiger partial charge in [-0.2, -0.15) is 0 Å². The Morgan fingerprint density at radius 1 is 1.46 bits per heavy atom. The van der Waals surface area contributed by atoms with Gasteiger partial charge in [-0.05, 0) is 51.3 Å². The molecule has 2 N–H and O–H groups in total. The molecule has 0 aliphatic carbocycles. The molecule has 1 saturated heterocycles. The van der Waals surface area contributed by atoms with Gasteiger partial charge in [0, 0.05) is 18.2 Å². The van der Waals surface area contributed by atoms with E-state index in [2.05, 4.69) is 10.0 Å². The molecular formula is C14H21Cl2N3O4S. The maximum absolute atomic E-state index is 12.3. The smallest absolute Gasteiger partial charge is 0.275 e. The van der Waals surface area contributed by atoms with E-state index in [9.17, 15) is 18.5 Å². The van der Waals surface area contributed by atoms with Crippen molar-refractivity contribution in [1.82, 2.24) is 10.0 Å². The van der Waals surface area contributed by atoms with Crippen molar-refractivity contribution in [3.63, 3.8) is 0 Å². The van der Waals surface area contributed by atoms with Gasteiger partial charge in [-0.1, -0.05) is 11.6 Å². The van der Waals surface area contributed by atoms with Crippen LogP contribution in [0.25, 0.3) is 0 Å². The Labute approximate surface area is 152 Å². The summed E-state index contributed by atoms with van der Waals surface area (Å²) in [6, 6.07) is 2.29. The molecule has 0 bridgehead atoms. The fraction of sp³-hybridized carbons (Fsp3) is 0.571. The van der Waals surface area contributed by atoms with Gasteiger partial charge in [-0.25, -0.2) is 13.1 Å². The zero-order valence-electron chi connectivity index (χ0n) is 13.2. The van der Waals surface area contributed by atoms with E-state index in [1.165, 1.54) is 13.0 Å². The number of hydrogen-bond acceptors (Lipinski definition) is 5. The van der Waals surface area contributed by atoms with Crippen molar-refractivity contribution in [2.45, 2.75) is 31.1 Å². The van der Waals surface area contributed by atoms with Crippen molar-refractivity contribution >= 4 is 39.7 Å². The first-order valence-corrected chi connectivity index (χ1v) is 9.32. The minimum absolute atomic E-state index is 0. The maximum atomic E-state index is 12.3. The van der Waals surface area contributed by atoms with Crippen LogP contribution in [0.5, 0.6) is 0 Å². The van der Waals surface area contributed by atoms with Crippen LogP contribution in [0.3, 0.4) is 0 Å². The van der Waals surface area contributed by atoms with E-state index in [1.807, 2.05) is 0 Å². The van der Waals surface area contributed by atoms with Gasteiger partial charge < -0.3 is 5.32 Å². The van der Waals surface area contributed by atoms with E-state index in [1.54, 1.807) is 0 Å². The van der Waals surface area contributed by atoms with Crippen molar-refractivity contribution < 1.29 is 13.3 Å². The second-order valence-corrected chi connectivity index (χ2v) is 7.88. The zero-order chi connectivity index (χ0) is 17.0. The van der Waals surface area contributed by atoms with Crippen LogP contribution in [0.15, 0.2) is 17.0 Å². The third kappa shape index (κ3) is 5.29. The summed E-state index contributed by atoms with van der Waals surface area (Å²) in [4.78, 5) is 10.2. The monoisotopic (exact) mass is 397 g/mol. The van der Waals surface area contributed by atoms with E-state index >= 15 is 0 Å². The largest absolute Gasteiger partial charge is 0.316 e. The maximum Gasteiger partial charge on any atom is 0.275 e. The summed E-state index contributed by atoms with van der Waals surface area (Å²) in [5, 5.41) is 14.3. The summed E-state index contributed by atoms with van der Waals surface area (Å²) in [6.45, 7) is 3.69. The fourth-order valence-electron chi connectivity index (χ4n) is 2.64. The van der Waals surface area contributed by atoms with Gasteiger partial charge in [0.05, 0.1) is 14.8 Å². The number of halogens is 2. The number of nitro benzene ring substituents is 1. The molecule has 136 valence electrons. The summed E-state index contributed by atoms with van der Waals surface area (Å²) in [7, 11) is -3.82. The Kier molecular flexibility index (Phi) is 7.88. The second kappa shape index (κ2) is 8.96. The molecule has 0 spiro atoms. The van der Waals surface area contributed by atoms with Crippen LogP contribution in [0, 0.1) is 23.0 Å². The summed E-state index contributed by atoms with van der Waals surface area (Å²) in [6.07, 6.45) is 2.90. The molecule has 1 atom stereocenters. The van der Waals surface area contributed by atoms with Gasteiger partial charge in [0.15, 0.2) is 0 Å². The molecule has 0 aromatic heterocycles. The van der Waals surface area contributed by atoms with E-state index < -0.39 is 14.9 Å². The molecule has 1 fully saturated rings. The Balaban J connectivity index is 0.00000288. The highest BCUT2D eigenvalue weighted by molar-refractivity contribution is 7.89. The van der Waals surface area contributed by atoms with E-state index in [4.69, 9.17) is 11.6 Å². The minimum Gasteiger partial charge on any atom is -0.316 e. The van der Waals surface area contributed by atoms with Gasteiger partial charge in [0.1, 0.15) is 0 Å². The topological polar surface area (TPSA) is 101 Å². The van der Waals surface area contributed by atoms with Gasteiger partial charge in [-0.15, -0.1) is 12.4 Å². The Hall–Kier alpha value is -0.930. The molecule has 2 rings (SSSR count). The number of nitrogens with one attached hydrogen (secondary N) is 2. The lowest BCUT2D eigenvalue weighted by Crippen LogP contribution is -2.33. The molecule has 0 saturated carbocycles. The quantitative estimate of drug-likeness (QED) is 0.567. The Morgan fingerprint density at radius 3 is 2.75 bits per heavy atom. The van der Waals surface area contributed by atoms with E-state index in [0.717, 1.165) is 38.4 Å². The first-order chi connectivity index (χ1) is 10.8. The lowest BCUT2D eigenvalue weighted by Gasteiger charge is -2.22. The Morgan fingerprint density at radius 2 is 2.17 bits per heavy atom.